The van der Waals surface area contributed by atoms with Crippen molar-refractivity contribution in [3.05, 3.63) is 63.7 Å². The van der Waals surface area contributed by atoms with Gasteiger partial charge in [0.15, 0.2) is 0 Å². The molecule has 0 amide bonds. The lowest BCUT2D eigenvalue weighted by molar-refractivity contribution is 0.228. The summed E-state index contributed by atoms with van der Waals surface area (Å²) in [7, 11) is 2.15. The quantitative estimate of drug-likeness (QED) is 0.862. The summed E-state index contributed by atoms with van der Waals surface area (Å²) in [6.07, 6.45) is 1.90. The van der Waals surface area contributed by atoms with Crippen LogP contribution in [0, 0.1) is 0 Å². The zero-order valence-corrected chi connectivity index (χ0v) is 14.8. The van der Waals surface area contributed by atoms with Gasteiger partial charge in [0.1, 0.15) is 5.75 Å². The molecule has 122 valence electrons. The van der Waals surface area contributed by atoms with Crippen molar-refractivity contribution in [3.8, 4) is 5.75 Å². The summed E-state index contributed by atoms with van der Waals surface area (Å²) >= 11 is 6.35. The lowest BCUT2D eigenvalue weighted by atomic mass is 9.86. The number of aromatic hydroxyl groups is 1. The van der Waals surface area contributed by atoms with Gasteiger partial charge in [-0.1, -0.05) is 49.7 Å². The summed E-state index contributed by atoms with van der Waals surface area (Å²) in [6, 6.07) is 12.5. The predicted octanol–water partition coefficient (Wildman–Crippen LogP) is 4.94. The molecular formula is C20H24ClNO. The lowest BCUT2D eigenvalue weighted by Gasteiger charge is -2.35. The molecule has 3 rings (SSSR count). The topological polar surface area (TPSA) is 23.5 Å². The van der Waals surface area contributed by atoms with Crippen LogP contribution in [0.2, 0.25) is 5.02 Å². The Labute approximate surface area is 143 Å². The van der Waals surface area contributed by atoms with Crippen molar-refractivity contribution < 1.29 is 5.11 Å². The van der Waals surface area contributed by atoms with Crippen LogP contribution in [0.3, 0.4) is 0 Å². The molecule has 1 N–H and O–H groups in total. The fourth-order valence-corrected chi connectivity index (χ4v) is 3.70. The lowest BCUT2D eigenvalue weighted by Crippen LogP contribution is -2.33. The fourth-order valence-electron chi connectivity index (χ4n) is 3.49. The third-order valence-electron chi connectivity index (χ3n) is 4.91. The molecule has 2 nitrogen and oxygen atoms in total. The Bertz CT molecular complexity index is 711. The number of hydrogen-bond acceptors (Lipinski definition) is 2. The van der Waals surface area contributed by atoms with Gasteiger partial charge >= 0.3 is 0 Å². The zero-order chi connectivity index (χ0) is 16.6. The zero-order valence-electron chi connectivity index (χ0n) is 14.0. The van der Waals surface area contributed by atoms with Gasteiger partial charge in [0.25, 0.3) is 0 Å². The summed E-state index contributed by atoms with van der Waals surface area (Å²) < 4.78 is 0. The van der Waals surface area contributed by atoms with Crippen molar-refractivity contribution in [2.45, 2.75) is 38.6 Å². The highest BCUT2D eigenvalue weighted by Gasteiger charge is 2.27. The second-order valence-electron chi connectivity index (χ2n) is 6.81. The van der Waals surface area contributed by atoms with Gasteiger partial charge in [-0.2, -0.15) is 0 Å². The maximum Gasteiger partial charge on any atom is 0.119 e. The number of fused-ring (bicyclic) bond motifs is 1. The van der Waals surface area contributed by atoms with Crippen LogP contribution in [0.4, 0.5) is 0 Å². The molecule has 23 heavy (non-hydrogen) atoms. The first kappa shape index (κ1) is 16.4. The highest BCUT2D eigenvalue weighted by atomic mass is 35.5. The van der Waals surface area contributed by atoms with E-state index in [-0.39, 0.29) is 6.04 Å². The van der Waals surface area contributed by atoms with Gasteiger partial charge in [-0.05, 0) is 60.2 Å². The first-order chi connectivity index (χ1) is 11.0. The molecule has 0 saturated heterocycles. The van der Waals surface area contributed by atoms with Crippen LogP contribution in [0.15, 0.2) is 36.4 Å². The van der Waals surface area contributed by atoms with Crippen LogP contribution >= 0.6 is 11.6 Å². The molecule has 2 aromatic rings. The summed E-state index contributed by atoms with van der Waals surface area (Å²) in [4.78, 5) is 2.36. The van der Waals surface area contributed by atoms with Gasteiger partial charge in [-0.25, -0.2) is 0 Å². The Balaban J connectivity index is 2.00. The first-order valence-electron chi connectivity index (χ1n) is 8.26. The van der Waals surface area contributed by atoms with E-state index in [9.17, 15) is 5.11 Å². The number of rotatable bonds is 3. The Morgan fingerprint density at radius 3 is 2.70 bits per heavy atom. The molecule has 1 aliphatic heterocycles. The second-order valence-corrected chi connectivity index (χ2v) is 7.21. The van der Waals surface area contributed by atoms with E-state index in [0.717, 1.165) is 35.5 Å². The molecule has 1 unspecified atom stereocenters. The predicted molar refractivity (Wildman–Crippen MR) is 96.4 cm³/mol. The van der Waals surface area contributed by atoms with Gasteiger partial charge in [-0.3, -0.25) is 4.90 Å². The van der Waals surface area contributed by atoms with Gasteiger partial charge in [0.05, 0.1) is 0 Å². The molecule has 0 aromatic heterocycles. The van der Waals surface area contributed by atoms with Crippen molar-refractivity contribution in [2.75, 3.05) is 13.6 Å². The molecule has 1 heterocycles. The van der Waals surface area contributed by atoms with E-state index in [1.165, 1.54) is 11.1 Å². The number of halogens is 1. The summed E-state index contributed by atoms with van der Waals surface area (Å²) in [5.74, 6) is 0.750. The van der Waals surface area contributed by atoms with Crippen LogP contribution in [0.5, 0.6) is 5.75 Å². The van der Waals surface area contributed by atoms with E-state index < -0.39 is 0 Å². The average molecular weight is 330 g/mol. The van der Waals surface area contributed by atoms with Crippen molar-refractivity contribution in [1.29, 1.82) is 0 Å². The van der Waals surface area contributed by atoms with Crippen LogP contribution in [-0.4, -0.2) is 23.6 Å². The monoisotopic (exact) mass is 329 g/mol. The van der Waals surface area contributed by atoms with E-state index in [4.69, 9.17) is 11.6 Å². The molecule has 0 aliphatic carbocycles. The third-order valence-corrected chi connectivity index (χ3v) is 5.28. The second kappa shape index (κ2) is 6.54. The first-order valence-corrected chi connectivity index (χ1v) is 8.64. The highest BCUT2D eigenvalue weighted by Crippen LogP contribution is 2.38. The van der Waals surface area contributed by atoms with E-state index >= 15 is 0 Å². The average Bonchev–Trinajstić information content (AvgIpc) is 2.51. The number of benzene rings is 2. The largest absolute Gasteiger partial charge is 0.508 e. The van der Waals surface area contributed by atoms with Crippen LogP contribution in [-0.2, 0) is 12.8 Å². The normalized spacial score (nSPS) is 18.2. The number of hydrogen-bond donors (Lipinski definition) is 1. The van der Waals surface area contributed by atoms with Crippen molar-refractivity contribution in [3.63, 3.8) is 0 Å². The highest BCUT2D eigenvalue weighted by molar-refractivity contribution is 6.31. The maximum absolute atomic E-state index is 10.4. The minimum absolute atomic E-state index is 0.255. The maximum atomic E-state index is 10.4. The third kappa shape index (κ3) is 3.24. The van der Waals surface area contributed by atoms with Crippen LogP contribution in [0.25, 0.3) is 0 Å². The number of phenolic OH excluding ortho intramolecular Hbond substituents is 1. The molecule has 0 radical (unpaired) electrons. The van der Waals surface area contributed by atoms with E-state index in [0.29, 0.717) is 11.7 Å². The van der Waals surface area contributed by atoms with Gasteiger partial charge in [0, 0.05) is 17.6 Å². The number of likely N-dealkylation sites (N-methyl/N-ethyl adjacent to an activating group) is 1. The molecule has 0 fully saturated rings. The standard InChI is InChI=1S/C20H24ClNO/c1-13(2)16-10-14-8-9-22(3)19(17(14)12-20(16)23)11-15-6-4-5-7-18(15)21/h4-7,10,12-13,19,23H,8-9,11H2,1-3H3. The molecule has 0 bridgehead atoms. The Morgan fingerprint density at radius 2 is 2.00 bits per heavy atom. The molecule has 1 aliphatic rings. The van der Waals surface area contributed by atoms with Crippen LogP contribution in [0.1, 0.15) is 48.1 Å². The molecule has 0 spiro atoms. The molecule has 2 aromatic carbocycles. The molecule has 3 heteroatoms. The number of phenols is 1. The fraction of sp³-hybridized carbons (Fsp3) is 0.400. The van der Waals surface area contributed by atoms with Crippen molar-refractivity contribution >= 4 is 11.6 Å². The van der Waals surface area contributed by atoms with Crippen molar-refractivity contribution in [1.82, 2.24) is 4.90 Å². The minimum Gasteiger partial charge on any atom is -0.508 e. The Kier molecular flexibility index (Phi) is 4.65. The minimum atomic E-state index is 0.255. The number of nitrogens with zero attached hydrogens (tertiary/aromatic N) is 1. The van der Waals surface area contributed by atoms with Crippen molar-refractivity contribution in [2.24, 2.45) is 0 Å². The molecule has 0 saturated carbocycles. The van der Waals surface area contributed by atoms with Crippen LogP contribution < -0.4 is 0 Å². The van der Waals surface area contributed by atoms with Gasteiger partial charge in [0.2, 0.25) is 0 Å². The summed E-state index contributed by atoms with van der Waals surface area (Å²) in [5, 5.41) is 11.2. The molecule has 1 atom stereocenters. The van der Waals surface area contributed by atoms with E-state index in [1.807, 2.05) is 24.3 Å². The van der Waals surface area contributed by atoms with E-state index in [2.05, 4.69) is 37.9 Å². The van der Waals surface area contributed by atoms with Gasteiger partial charge < -0.3 is 5.11 Å². The Morgan fingerprint density at radius 1 is 1.26 bits per heavy atom. The van der Waals surface area contributed by atoms with E-state index in [1.54, 1.807) is 0 Å². The SMILES string of the molecule is CC(C)c1cc2c(cc1O)C(Cc1ccccc1Cl)N(C)CC2. The van der Waals surface area contributed by atoms with Gasteiger partial charge in [-0.15, -0.1) is 0 Å². The summed E-state index contributed by atoms with van der Waals surface area (Å²) in [6.45, 7) is 5.28. The Hall–Kier alpha value is -1.51. The molecular weight excluding hydrogens is 306 g/mol. The summed E-state index contributed by atoms with van der Waals surface area (Å²) in [5.41, 5.74) is 4.80. The smallest absolute Gasteiger partial charge is 0.119 e.